The first-order chi connectivity index (χ1) is 11.7. The molecule has 1 amide bonds. The second kappa shape index (κ2) is 8.60. The first kappa shape index (κ1) is 17.4. The van der Waals surface area contributed by atoms with Crippen LogP contribution in [0.3, 0.4) is 0 Å². The third-order valence-electron chi connectivity index (χ3n) is 5.05. The van der Waals surface area contributed by atoms with Crippen LogP contribution in [0.25, 0.3) is 0 Å². The smallest absolute Gasteiger partial charge is 0.224 e. The minimum absolute atomic E-state index is 0.113. The van der Waals surface area contributed by atoms with Crippen molar-refractivity contribution in [3.8, 4) is 0 Å². The Kier molecular flexibility index (Phi) is 6.24. The maximum absolute atomic E-state index is 12.5. The largest absolute Gasteiger partial charge is 0.379 e. The summed E-state index contributed by atoms with van der Waals surface area (Å²) >= 11 is 0. The average molecular weight is 331 g/mol. The maximum Gasteiger partial charge on any atom is 0.224 e. The van der Waals surface area contributed by atoms with Crippen LogP contribution in [0, 0.1) is 12.8 Å². The number of rotatable bonds is 5. The Hall–Kier alpha value is -1.43. The SMILES string of the molecule is Cc1cccc(C(CNC(=O)C2CCCNC2)N2CCOCC2)c1. The van der Waals surface area contributed by atoms with E-state index < -0.39 is 0 Å². The Morgan fingerprint density at radius 2 is 2.25 bits per heavy atom. The highest BCUT2D eigenvalue weighted by Gasteiger charge is 2.25. The molecule has 2 fully saturated rings. The summed E-state index contributed by atoms with van der Waals surface area (Å²) in [6.45, 7) is 7.98. The van der Waals surface area contributed by atoms with Gasteiger partial charge in [-0.1, -0.05) is 29.8 Å². The Labute approximate surface area is 144 Å². The van der Waals surface area contributed by atoms with E-state index in [1.165, 1.54) is 11.1 Å². The summed E-state index contributed by atoms with van der Waals surface area (Å²) < 4.78 is 5.49. The summed E-state index contributed by atoms with van der Waals surface area (Å²) in [4.78, 5) is 14.9. The summed E-state index contributed by atoms with van der Waals surface area (Å²) in [7, 11) is 0. The van der Waals surface area contributed by atoms with Crippen LogP contribution in [0.15, 0.2) is 24.3 Å². The Morgan fingerprint density at radius 1 is 1.42 bits per heavy atom. The zero-order valence-electron chi connectivity index (χ0n) is 14.6. The van der Waals surface area contributed by atoms with Gasteiger partial charge in [0.1, 0.15) is 0 Å². The molecule has 2 N–H and O–H groups in total. The molecule has 2 aliphatic heterocycles. The minimum atomic E-state index is 0.113. The number of hydrogen-bond donors (Lipinski definition) is 2. The number of piperidine rings is 1. The Bertz CT molecular complexity index is 537. The molecular weight excluding hydrogens is 302 g/mol. The van der Waals surface area contributed by atoms with Gasteiger partial charge in [0.05, 0.1) is 25.2 Å². The van der Waals surface area contributed by atoms with Gasteiger partial charge >= 0.3 is 0 Å². The van der Waals surface area contributed by atoms with Crippen molar-refractivity contribution in [2.24, 2.45) is 5.92 Å². The number of nitrogens with zero attached hydrogens (tertiary/aromatic N) is 1. The fraction of sp³-hybridized carbons (Fsp3) is 0.632. The minimum Gasteiger partial charge on any atom is -0.379 e. The van der Waals surface area contributed by atoms with Crippen molar-refractivity contribution < 1.29 is 9.53 Å². The number of hydrogen-bond acceptors (Lipinski definition) is 4. The van der Waals surface area contributed by atoms with Crippen LogP contribution in [0.4, 0.5) is 0 Å². The standard InChI is InChI=1S/C19H29N3O2/c1-15-4-2-5-16(12-15)18(22-8-10-24-11-9-22)14-21-19(23)17-6-3-7-20-13-17/h2,4-5,12,17-18,20H,3,6-11,13-14H2,1H3,(H,21,23). The van der Waals surface area contributed by atoms with E-state index in [0.717, 1.165) is 52.2 Å². The lowest BCUT2D eigenvalue weighted by atomic mass is 9.98. The molecule has 0 radical (unpaired) electrons. The summed E-state index contributed by atoms with van der Waals surface area (Å²) in [5.41, 5.74) is 2.53. The predicted octanol–water partition coefficient (Wildman–Crippen LogP) is 1.48. The lowest BCUT2D eigenvalue weighted by Gasteiger charge is -2.35. The number of carbonyl (C=O) groups excluding carboxylic acids is 1. The summed E-state index contributed by atoms with van der Waals surface area (Å²) in [6, 6.07) is 8.84. The van der Waals surface area contributed by atoms with Gasteiger partial charge in [0.25, 0.3) is 0 Å². The highest BCUT2D eigenvalue weighted by molar-refractivity contribution is 5.79. The van der Waals surface area contributed by atoms with Gasteiger partial charge in [-0.05, 0) is 31.9 Å². The molecule has 5 heteroatoms. The number of ether oxygens (including phenoxy) is 1. The molecule has 0 spiro atoms. The van der Waals surface area contributed by atoms with Crippen LogP contribution < -0.4 is 10.6 Å². The monoisotopic (exact) mass is 331 g/mol. The van der Waals surface area contributed by atoms with Crippen LogP contribution in [-0.2, 0) is 9.53 Å². The molecule has 2 unspecified atom stereocenters. The van der Waals surface area contributed by atoms with E-state index in [1.807, 2.05) is 0 Å². The molecule has 5 nitrogen and oxygen atoms in total. The van der Waals surface area contributed by atoms with Crippen LogP contribution >= 0.6 is 0 Å². The van der Waals surface area contributed by atoms with Crippen molar-refractivity contribution in [3.63, 3.8) is 0 Å². The van der Waals surface area contributed by atoms with Crippen molar-refractivity contribution in [1.29, 1.82) is 0 Å². The molecule has 0 aromatic heterocycles. The average Bonchev–Trinajstić information content (AvgIpc) is 2.63. The first-order valence-corrected chi connectivity index (χ1v) is 9.11. The molecule has 1 aromatic rings. The Balaban J connectivity index is 1.66. The van der Waals surface area contributed by atoms with E-state index in [2.05, 4.69) is 46.7 Å². The molecule has 2 saturated heterocycles. The molecule has 24 heavy (non-hydrogen) atoms. The van der Waals surface area contributed by atoms with Crippen molar-refractivity contribution in [2.75, 3.05) is 45.9 Å². The fourth-order valence-electron chi connectivity index (χ4n) is 3.64. The van der Waals surface area contributed by atoms with E-state index in [0.29, 0.717) is 6.54 Å². The number of nitrogens with one attached hydrogen (secondary N) is 2. The van der Waals surface area contributed by atoms with Crippen molar-refractivity contribution in [3.05, 3.63) is 35.4 Å². The normalized spacial score (nSPS) is 23.6. The van der Waals surface area contributed by atoms with Gasteiger partial charge in [0, 0.05) is 26.2 Å². The van der Waals surface area contributed by atoms with Crippen LogP contribution in [0.1, 0.15) is 30.0 Å². The summed E-state index contributed by atoms with van der Waals surface area (Å²) in [6.07, 6.45) is 2.08. The second-order valence-corrected chi connectivity index (χ2v) is 6.87. The molecule has 3 rings (SSSR count). The first-order valence-electron chi connectivity index (χ1n) is 9.11. The quantitative estimate of drug-likeness (QED) is 0.858. The highest BCUT2D eigenvalue weighted by Crippen LogP contribution is 2.22. The van der Waals surface area contributed by atoms with E-state index in [1.54, 1.807) is 0 Å². The van der Waals surface area contributed by atoms with Gasteiger partial charge in [0.15, 0.2) is 0 Å². The molecule has 2 aliphatic rings. The molecular formula is C19H29N3O2. The van der Waals surface area contributed by atoms with Gasteiger partial charge < -0.3 is 15.4 Å². The van der Waals surface area contributed by atoms with Crippen molar-refractivity contribution in [1.82, 2.24) is 15.5 Å². The lowest BCUT2D eigenvalue weighted by molar-refractivity contribution is -0.125. The van der Waals surface area contributed by atoms with Gasteiger partial charge in [-0.25, -0.2) is 0 Å². The lowest BCUT2D eigenvalue weighted by Crippen LogP contribution is -2.46. The molecule has 0 aliphatic carbocycles. The number of benzene rings is 1. The summed E-state index contributed by atoms with van der Waals surface area (Å²) in [5, 5.41) is 6.52. The van der Waals surface area contributed by atoms with E-state index in [-0.39, 0.29) is 17.9 Å². The van der Waals surface area contributed by atoms with Gasteiger partial charge in [-0.2, -0.15) is 0 Å². The zero-order chi connectivity index (χ0) is 16.8. The van der Waals surface area contributed by atoms with E-state index in [4.69, 9.17) is 4.74 Å². The van der Waals surface area contributed by atoms with E-state index >= 15 is 0 Å². The number of aryl methyl sites for hydroxylation is 1. The topological polar surface area (TPSA) is 53.6 Å². The molecule has 0 saturated carbocycles. The molecule has 2 heterocycles. The molecule has 0 bridgehead atoms. The fourth-order valence-corrected chi connectivity index (χ4v) is 3.64. The molecule has 132 valence electrons. The van der Waals surface area contributed by atoms with E-state index in [9.17, 15) is 4.79 Å². The van der Waals surface area contributed by atoms with Crippen LogP contribution in [0.2, 0.25) is 0 Å². The second-order valence-electron chi connectivity index (χ2n) is 6.87. The molecule has 1 aromatic carbocycles. The third-order valence-corrected chi connectivity index (χ3v) is 5.05. The number of morpholine rings is 1. The van der Waals surface area contributed by atoms with Crippen LogP contribution in [-0.4, -0.2) is 56.7 Å². The third kappa shape index (κ3) is 4.56. The summed E-state index contributed by atoms with van der Waals surface area (Å²) in [5.74, 6) is 0.301. The molecule has 2 atom stereocenters. The van der Waals surface area contributed by atoms with Gasteiger partial charge in [-0.15, -0.1) is 0 Å². The van der Waals surface area contributed by atoms with Crippen molar-refractivity contribution in [2.45, 2.75) is 25.8 Å². The zero-order valence-corrected chi connectivity index (χ0v) is 14.6. The van der Waals surface area contributed by atoms with Gasteiger partial charge in [0.2, 0.25) is 5.91 Å². The van der Waals surface area contributed by atoms with Gasteiger partial charge in [-0.3, -0.25) is 9.69 Å². The number of carbonyl (C=O) groups is 1. The number of amides is 1. The Morgan fingerprint density at radius 3 is 2.96 bits per heavy atom. The predicted molar refractivity (Wildman–Crippen MR) is 94.9 cm³/mol. The van der Waals surface area contributed by atoms with Crippen molar-refractivity contribution >= 4 is 5.91 Å². The highest BCUT2D eigenvalue weighted by atomic mass is 16.5. The van der Waals surface area contributed by atoms with Crippen LogP contribution in [0.5, 0.6) is 0 Å². The maximum atomic E-state index is 12.5.